The smallest absolute Gasteiger partial charge is 0.123 e. The summed E-state index contributed by atoms with van der Waals surface area (Å²) in [4.78, 5) is 2.49. The molecule has 4 heteroatoms. The Bertz CT molecular complexity index is 870. The van der Waals surface area contributed by atoms with Crippen molar-refractivity contribution in [1.82, 2.24) is 9.47 Å². The minimum Gasteiger partial charge on any atom is -0.494 e. The highest BCUT2D eigenvalue weighted by Crippen LogP contribution is 2.33. The molecule has 0 N–H and O–H groups in total. The number of fused-ring (bicyclic) bond motifs is 1. The maximum absolute atomic E-state index is 13.3. The molecule has 1 aromatic heterocycles. The Kier molecular flexibility index (Phi) is 5.26. The fourth-order valence-corrected chi connectivity index (χ4v) is 3.93. The predicted octanol–water partition coefficient (Wildman–Crippen LogP) is 5.02. The molecule has 0 radical (unpaired) electrons. The van der Waals surface area contributed by atoms with Crippen LogP contribution >= 0.6 is 0 Å². The van der Waals surface area contributed by atoms with Crippen LogP contribution in [0.4, 0.5) is 4.39 Å². The van der Waals surface area contributed by atoms with Crippen LogP contribution in [-0.4, -0.2) is 22.6 Å². The van der Waals surface area contributed by atoms with Crippen molar-refractivity contribution in [1.29, 1.82) is 0 Å². The van der Waals surface area contributed by atoms with Crippen LogP contribution in [0.2, 0.25) is 0 Å². The van der Waals surface area contributed by atoms with Crippen LogP contribution in [0.1, 0.15) is 36.2 Å². The molecule has 1 aliphatic heterocycles. The Morgan fingerprint density at radius 3 is 2.52 bits per heavy atom. The largest absolute Gasteiger partial charge is 0.494 e. The van der Waals surface area contributed by atoms with Gasteiger partial charge in [0, 0.05) is 31.5 Å². The van der Waals surface area contributed by atoms with Gasteiger partial charge in [-0.25, -0.2) is 4.39 Å². The lowest BCUT2D eigenvalue weighted by molar-refractivity contribution is 0.220. The van der Waals surface area contributed by atoms with E-state index in [9.17, 15) is 4.39 Å². The fraction of sp³-hybridized carbons (Fsp3) is 0.304. The highest BCUT2D eigenvalue weighted by Gasteiger charge is 2.27. The van der Waals surface area contributed by atoms with E-state index in [1.807, 2.05) is 31.2 Å². The number of hydrogen-bond acceptors (Lipinski definition) is 2. The van der Waals surface area contributed by atoms with Crippen LogP contribution in [0.3, 0.4) is 0 Å². The molecule has 0 amide bonds. The lowest BCUT2D eigenvalue weighted by Crippen LogP contribution is -2.29. The molecule has 2 heterocycles. The van der Waals surface area contributed by atoms with Crippen molar-refractivity contribution < 1.29 is 9.13 Å². The summed E-state index contributed by atoms with van der Waals surface area (Å²) in [5.74, 6) is 0.710. The second-order valence-corrected chi connectivity index (χ2v) is 6.98. The normalized spacial score (nSPS) is 17.3. The molecule has 27 heavy (non-hydrogen) atoms. The summed E-state index contributed by atoms with van der Waals surface area (Å²) < 4.78 is 21.3. The van der Waals surface area contributed by atoms with E-state index >= 15 is 0 Å². The molecule has 3 nitrogen and oxygen atoms in total. The predicted molar refractivity (Wildman–Crippen MR) is 105 cm³/mol. The maximum atomic E-state index is 13.3. The van der Waals surface area contributed by atoms with Crippen molar-refractivity contribution in [2.75, 3.05) is 13.2 Å². The van der Waals surface area contributed by atoms with Gasteiger partial charge >= 0.3 is 0 Å². The van der Waals surface area contributed by atoms with Gasteiger partial charge in [0.2, 0.25) is 0 Å². The van der Waals surface area contributed by atoms with Crippen molar-refractivity contribution in [3.05, 3.63) is 89.5 Å². The number of ether oxygens (including phenoxy) is 1. The van der Waals surface area contributed by atoms with Crippen LogP contribution in [-0.2, 0) is 13.1 Å². The van der Waals surface area contributed by atoms with Gasteiger partial charge in [-0.15, -0.1) is 0 Å². The molecule has 0 saturated heterocycles. The van der Waals surface area contributed by atoms with Gasteiger partial charge in [-0.3, -0.25) is 4.90 Å². The fourth-order valence-electron chi connectivity index (χ4n) is 3.93. The van der Waals surface area contributed by atoms with Crippen molar-refractivity contribution in [3.8, 4) is 5.75 Å². The molecule has 0 unspecified atom stereocenters. The zero-order valence-corrected chi connectivity index (χ0v) is 15.6. The van der Waals surface area contributed by atoms with Crippen LogP contribution in [0, 0.1) is 5.82 Å². The third-order valence-electron chi connectivity index (χ3n) is 5.16. The molecule has 0 fully saturated rings. The number of benzene rings is 2. The Morgan fingerprint density at radius 1 is 1.00 bits per heavy atom. The number of rotatable bonds is 5. The first kappa shape index (κ1) is 17.8. The lowest BCUT2D eigenvalue weighted by Gasteiger charge is -2.31. The van der Waals surface area contributed by atoms with Crippen LogP contribution in [0.25, 0.3) is 0 Å². The van der Waals surface area contributed by atoms with E-state index in [4.69, 9.17) is 4.74 Å². The summed E-state index contributed by atoms with van der Waals surface area (Å²) in [6.07, 6.45) is 3.26. The SMILES string of the molecule is CCOc1ccc([C@@H]2c3cccn3CCCN2Cc2ccc(F)cc2)cc1. The maximum Gasteiger partial charge on any atom is 0.123 e. The summed E-state index contributed by atoms with van der Waals surface area (Å²) in [6, 6.07) is 19.8. The van der Waals surface area contributed by atoms with E-state index in [0.717, 1.165) is 37.4 Å². The Morgan fingerprint density at radius 2 is 1.78 bits per heavy atom. The van der Waals surface area contributed by atoms with E-state index in [2.05, 4.69) is 39.9 Å². The van der Waals surface area contributed by atoms with E-state index in [-0.39, 0.29) is 11.9 Å². The first-order chi connectivity index (χ1) is 13.2. The van der Waals surface area contributed by atoms with Gasteiger partial charge in [-0.05, 0) is 60.9 Å². The van der Waals surface area contributed by atoms with E-state index in [1.54, 1.807) is 12.1 Å². The summed E-state index contributed by atoms with van der Waals surface area (Å²) in [5, 5.41) is 0. The summed E-state index contributed by atoms with van der Waals surface area (Å²) in [5.41, 5.74) is 3.69. The summed E-state index contributed by atoms with van der Waals surface area (Å²) >= 11 is 0. The number of aryl methyl sites for hydroxylation is 1. The molecule has 1 aliphatic rings. The van der Waals surface area contributed by atoms with Gasteiger partial charge in [0.05, 0.1) is 12.6 Å². The first-order valence-electron chi connectivity index (χ1n) is 9.61. The Labute approximate surface area is 160 Å². The minimum atomic E-state index is -0.188. The lowest BCUT2D eigenvalue weighted by atomic mass is 10.0. The Hall–Kier alpha value is -2.59. The molecule has 0 bridgehead atoms. The zero-order chi connectivity index (χ0) is 18.6. The quantitative estimate of drug-likeness (QED) is 0.632. The van der Waals surface area contributed by atoms with Gasteiger partial charge in [0.1, 0.15) is 11.6 Å². The molecule has 3 aromatic rings. The third-order valence-corrected chi connectivity index (χ3v) is 5.16. The van der Waals surface area contributed by atoms with Gasteiger partial charge in [-0.2, -0.15) is 0 Å². The second kappa shape index (κ2) is 7.97. The molecule has 0 aliphatic carbocycles. The molecular formula is C23H25FN2O. The van der Waals surface area contributed by atoms with E-state index < -0.39 is 0 Å². The third kappa shape index (κ3) is 3.91. The van der Waals surface area contributed by atoms with Gasteiger partial charge < -0.3 is 9.30 Å². The average molecular weight is 364 g/mol. The molecule has 0 spiro atoms. The molecule has 0 saturated carbocycles. The number of hydrogen-bond donors (Lipinski definition) is 0. The standard InChI is InChI=1S/C23H25FN2O/c1-2-27-21-12-8-19(9-13-21)23-22-5-3-14-25(22)15-4-16-26(23)17-18-6-10-20(24)11-7-18/h3,5-14,23H,2,4,15-17H2,1H3/t23-/m1/s1. The topological polar surface area (TPSA) is 17.4 Å². The number of halogens is 1. The van der Waals surface area contributed by atoms with Crippen LogP contribution in [0.5, 0.6) is 5.75 Å². The summed E-state index contributed by atoms with van der Waals surface area (Å²) in [7, 11) is 0. The highest BCUT2D eigenvalue weighted by molar-refractivity contribution is 5.34. The summed E-state index contributed by atoms with van der Waals surface area (Å²) in [6.45, 7) is 5.48. The molecular weight excluding hydrogens is 339 g/mol. The average Bonchev–Trinajstić information content (AvgIpc) is 3.06. The zero-order valence-electron chi connectivity index (χ0n) is 15.6. The Balaban J connectivity index is 1.68. The van der Waals surface area contributed by atoms with Crippen molar-refractivity contribution >= 4 is 0 Å². The van der Waals surface area contributed by atoms with Gasteiger partial charge in [-0.1, -0.05) is 24.3 Å². The van der Waals surface area contributed by atoms with Crippen molar-refractivity contribution in [2.45, 2.75) is 32.5 Å². The second-order valence-electron chi connectivity index (χ2n) is 6.98. The number of aromatic nitrogens is 1. The van der Waals surface area contributed by atoms with Crippen LogP contribution in [0.15, 0.2) is 66.9 Å². The molecule has 1 atom stereocenters. The van der Waals surface area contributed by atoms with Gasteiger partial charge in [0.15, 0.2) is 0 Å². The molecule has 4 rings (SSSR count). The monoisotopic (exact) mass is 364 g/mol. The first-order valence-corrected chi connectivity index (χ1v) is 9.61. The van der Waals surface area contributed by atoms with Gasteiger partial charge in [0.25, 0.3) is 0 Å². The molecule has 2 aromatic carbocycles. The minimum absolute atomic E-state index is 0.170. The molecule has 140 valence electrons. The van der Waals surface area contributed by atoms with E-state index in [1.165, 1.54) is 11.3 Å². The van der Waals surface area contributed by atoms with Crippen molar-refractivity contribution in [3.63, 3.8) is 0 Å². The van der Waals surface area contributed by atoms with Crippen LogP contribution < -0.4 is 4.74 Å². The van der Waals surface area contributed by atoms with Crippen molar-refractivity contribution in [2.24, 2.45) is 0 Å². The highest BCUT2D eigenvalue weighted by atomic mass is 19.1. The number of nitrogens with zero attached hydrogens (tertiary/aromatic N) is 2. The van der Waals surface area contributed by atoms with E-state index in [0.29, 0.717) is 6.61 Å².